The van der Waals surface area contributed by atoms with Crippen molar-refractivity contribution >= 4 is 21.7 Å². The quantitative estimate of drug-likeness (QED) is 0.793. The summed E-state index contributed by atoms with van der Waals surface area (Å²) < 4.78 is 24.2. The number of carboxylic acid groups (broad SMARTS) is 1. The molecule has 1 rings (SSSR count). The first-order chi connectivity index (χ1) is 9.76. The lowest BCUT2D eigenvalue weighted by Crippen LogP contribution is -2.36. The molecule has 2 N–H and O–H groups in total. The van der Waals surface area contributed by atoms with E-state index in [2.05, 4.69) is 5.32 Å². The molecule has 0 radical (unpaired) electrons. The maximum absolute atomic E-state index is 12.1. The molecule has 7 heteroatoms. The van der Waals surface area contributed by atoms with E-state index in [1.807, 2.05) is 6.92 Å². The second-order valence-corrected chi connectivity index (χ2v) is 6.84. The smallest absolute Gasteiger partial charge is 0.335 e. The molecule has 1 aromatic carbocycles. The van der Waals surface area contributed by atoms with Gasteiger partial charge in [0.05, 0.1) is 10.5 Å². The van der Waals surface area contributed by atoms with Crippen LogP contribution in [-0.4, -0.2) is 37.2 Å². The number of amides is 1. The summed E-state index contributed by atoms with van der Waals surface area (Å²) in [5.74, 6) is -2.49. The molecule has 6 nitrogen and oxygen atoms in total. The highest BCUT2D eigenvalue weighted by Gasteiger charge is 2.21. The lowest BCUT2D eigenvalue weighted by molar-refractivity contribution is -0.119. The van der Waals surface area contributed by atoms with Gasteiger partial charge in [0.1, 0.15) is 5.75 Å². The lowest BCUT2D eigenvalue weighted by Gasteiger charge is -2.13. The molecular weight excluding hydrogens is 294 g/mol. The van der Waals surface area contributed by atoms with E-state index in [-0.39, 0.29) is 16.5 Å². The molecule has 0 bridgehead atoms. The van der Waals surface area contributed by atoms with Gasteiger partial charge in [-0.2, -0.15) is 0 Å². The SMILES string of the molecule is CCCC(C)NC(=O)CS(=O)(=O)c1cccc(C(=O)O)c1. The first kappa shape index (κ1) is 17.2. The topological polar surface area (TPSA) is 101 Å². The summed E-state index contributed by atoms with van der Waals surface area (Å²) in [6, 6.07) is 4.88. The average Bonchev–Trinajstić information content (AvgIpc) is 2.38. The number of rotatable bonds is 7. The Balaban J connectivity index is 2.84. The maximum atomic E-state index is 12.1. The molecule has 0 saturated carbocycles. The van der Waals surface area contributed by atoms with E-state index in [1.54, 1.807) is 6.92 Å². The van der Waals surface area contributed by atoms with E-state index >= 15 is 0 Å². The summed E-state index contributed by atoms with van der Waals surface area (Å²) in [4.78, 5) is 22.4. The zero-order valence-electron chi connectivity index (χ0n) is 12.0. The summed E-state index contributed by atoms with van der Waals surface area (Å²) >= 11 is 0. The zero-order chi connectivity index (χ0) is 16.0. The van der Waals surface area contributed by atoms with Crippen LogP contribution in [0.2, 0.25) is 0 Å². The molecule has 0 aliphatic heterocycles. The van der Waals surface area contributed by atoms with Crippen LogP contribution in [0.4, 0.5) is 0 Å². The molecule has 0 aliphatic rings. The molecule has 0 saturated heterocycles. The average molecular weight is 313 g/mol. The van der Waals surface area contributed by atoms with E-state index in [9.17, 15) is 18.0 Å². The molecule has 1 atom stereocenters. The van der Waals surface area contributed by atoms with Crippen molar-refractivity contribution in [2.75, 3.05) is 5.75 Å². The van der Waals surface area contributed by atoms with Crippen molar-refractivity contribution in [3.05, 3.63) is 29.8 Å². The number of carboxylic acids is 1. The van der Waals surface area contributed by atoms with Gasteiger partial charge in [0.2, 0.25) is 5.91 Å². The molecule has 116 valence electrons. The molecular formula is C14H19NO5S. The Kier molecular flexibility index (Phi) is 5.90. The van der Waals surface area contributed by atoms with Gasteiger partial charge < -0.3 is 10.4 Å². The monoisotopic (exact) mass is 313 g/mol. The zero-order valence-corrected chi connectivity index (χ0v) is 12.8. The number of sulfone groups is 1. The standard InChI is InChI=1S/C14H19NO5S/c1-3-5-10(2)15-13(16)9-21(19,20)12-7-4-6-11(8-12)14(17)18/h4,6-8,10H,3,5,9H2,1-2H3,(H,15,16)(H,17,18). The normalized spacial score (nSPS) is 12.7. The Morgan fingerprint density at radius 1 is 1.33 bits per heavy atom. The van der Waals surface area contributed by atoms with E-state index in [0.717, 1.165) is 18.9 Å². The van der Waals surface area contributed by atoms with E-state index < -0.39 is 27.5 Å². The van der Waals surface area contributed by atoms with Crippen LogP contribution >= 0.6 is 0 Å². The number of hydrogen-bond donors (Lipinski definition) is 2. The van der Waals surface area contributed by atoms with Gasteiger partial charge in [0, 0.05) is 6.04 Å². The summed E-state index contributed by atoms with van der Waals surface area (Å²) in [6.45, 7) is 3.77. The fraction of sp³-hybridized carbons (Fsp3) is 0.429. The van der Waals surface area contributed by atoms with Crippen LogP contribution in [0.3, 0.4) is 0 Å². The number of aromatic carboxylic acids is 1. The van der Waals surface area contributed by atoms with Gasteiger partial charge in [0.15, 0.2) is 9.84 Å². The summed E-state index contributed by atoms with van der Waals surface area (Å²) in [5, 5.41) is 11.5. The minimum atomic E-state index is -3.85. The van der Waals surface area contributed by atoms with Crippen molar-refractivity contribution in [3.8, 4) is 0 Å². The highest BCUT2D eigenvalue weighted by atomic mass is 32.2. The highest BCUT2D eigenvalue weighted by molar-refractivity contribution is 7.92. The van der Waals surface area contributed by atoms with Gasteiger partial charge in [-0.1, -0.05) is 19.4 Å². The number of carbonyl (C=O) groups excluding carboxylic acids is 1. The molecule has 0 fully saturated rings. The van der Waals surface area contributed by atoms with Crippen molar-refractivity contribution in [1.29, 1.82) is 0 Å². The summed E-state index contributed by atoms with van der Waals surface area (Å²) in [5.41, 5.74) is -0.129. The van der Waals surface area contributed by atoms with Crippen molar-refractivity contribution in [2.24, 2.45) is 0 Å². The van der Waals surface area contributed by atoms with Crippen LogP contribution in [0.1, 0.15) is 37.0 Å². The Morgan fingerprint density at radius 3 is 2.57 bits per heavy atom. The Morgan fingerprint density at radius 2 is 2.00 bits per heavy atom. The molecule has 1 unspecified atom stereocenters. The lowest BCUT2D eigenvalue weighted by atomic mass is 10.2. The van der Waals surface area contributed by atoms with Crippen molar-refractivity contribution in [3.63, 3.8) is 0 Å². The second kappa shape index (κ2) is 7.21. The van der Waals surface area contributed by atoms with Gasteiger partial charge in [-0.3, -0.25) is 4.79 Å². The second-order valence-electron chi connectivity index (χ2n) is 4.85. The Bertz CT molecular complexity index is 624. The Labute approximate surface area is 124 Å². The fourth-order valence-electron chi connectivity index (χ4n) is 1.90. The van der Waals surface area contributed by atoms with Gasteiger partial charge >= 0.3 is 5.97 Å². The van der Waals surface area contributed by atoms with Crippen molar-refractivity contribution in [2.45, 2.75) is 37.6 Å². The van der Waals surface area contributed by atoms with Crippen LogP contribution < -0.4 is 5.32 Å². The van der Waals surface area contributed by atoms with E-state index in [0.29, 0.717) is 0 Å². The minimum absolute atomic E-state index is 0.0944. The predicted molar refractivity (Wildman–Crippen MR) is 78.0 cm³/mol. The van der Waals surface area contributed by atoms with E-state index in [4.69, 9.17) is 5.11 Å². The van der Waals surface area contributed by atoms with E-state index in [1.165, 1.54) is 18.2 Å². The maximum Gasteiger partial charge on any atom is 0.335 e. The third-order valence-electron chi connectivity index (χ3n) is 2.89. The van der Waals surface area contributed by atoms with Gasteiger partial charge in [-0.25, -0.2) is 13.2 Å². The number of benzene rings is 1. The van der Waals surface area contributed by atoms with Crippen LogP contribution in [0.5, 0.6) is 0 Å². The number of hydrogen-bond acceptors (Lipinski definition) is 4. The molecule has 21 heavy (non-hydrogen) atoms. The molecule has 1 amide bonds. The fourth-order valence-corrected chi connectivity index (χ4v) is 3.09. The van der Waals surface area contributed by atoms with Gasteiger partial charge in [-0.05, 0) is 31.5 Å². The van der Waals surface area contributed by atoms with Crippen LogP contribution in [0.15, 0.2) is 29.2 Å². The molecule has 0 heterocycles. The largest absolute Gasteiger partial charge is 0.478 e. The number of nitrogens with one attached hydrogen (secondary N) is 1. The summed E-state index contributed by atoms with van der Waals surface area (Å²) in [7, 11) is -3.85. The van der Waals surface area contributed by atoms with Crippen molar-refractivity contribution in [1.82, 2.24) is 5.32 Å². The molecule has 0 aliphatic carbocycles. The first-order valence-electron chi connectivity index (χ1n) is 6.61. The van der Waals surface area contributed by atoms with Gasteiger partial charge in [0.25, 0.3) is 0 Å². The van der Waals surface area contributed by atoms with Crippen LogP contribution in [0, 0.1) is 0 Å². The highest BCUT2D eigenvalue weighted by Crippen LogP contribution is 2.13. The molecule has 0 aromatic heterocycles. The third kappa shape index (κ3) is 5.18. The van der Waals surface area contributed by atoms with Crippen LogP contribution in [0.25, 0.3) is 0 Å². The van der Waals surface area contributed by atoms with Gasteiger partial charge in [-0.15, -0.1) is 0 Å². The molecule has 0 spiro atoms. The Hall–Kier alpha value is -1.89. The third-order valence-corrected chi connectivity index (χ3v) is 4.50. The first-order valence-corrected chi connectivity index (χ1v) is 8.27. The van der Waals surface area contributed by atoms with Crippen molar-refractivity contribution < 1.29 is 23.1 Å². The number of carbonyl (C=O) groups is 2. The predicted octanol–water partition coefficient (Wildman–Crippen LogP) is 1.46. The van der Waals surface area contributed by atoms with Crippen LogP contribution in [-0.2, 0) is 14.6 Å². The summed E-state index contributed by atoms with van der Waals surface area (Å²) in [6.07, 6.45) is 1.65. The minimum Gasteiger partial charge on any atom is -0.478 e. The molecule has 1 aromatic rings.